The van der Waals surface area contributed by atoms with Gasteiger partial charge in [0.15, 0.2) is 0 Å². The van der Waals surface area contributed by atoms with E-state index in [1.54, 1.807) is 71.9 Å². The van der Waals surface area contributed by atoms with Gasteiger partial charge in [-0.05, 0) is 60.2 Å². The fourth-order valence-electron chi connectivity index (χ4n) is 5.28. The van der Waals surface area contributed by atoms with Crippen molar-refractivity contribution >= 4 is 46.5 Å². The highest BCUT2D eigenvalue weighted by molar-refractivity contribution is 6.31. The van der Waals surface area contributed by atoms with E-state index in [4.69, 9.17) is 11.6 Å². The van der Waals surface area contributed by atoms with Crippen molar-refractivity contribution in [1.82, 2.24) is 20.2 Å². The first-order valence-corrected chi connectivity index (χ1v) is 14.5. The van der Waals surface area contributed by atoms with E-state index < -0.39 is 6.04 Å². The lowest BCUT2D eigenvalue weighted by Crippen LogP contribution is -2.46. The minimum atomic E-state index is -0.813. The Bertz CT molecular complexity index is 1630. The van der Waals surface area contributed by atoms with E-state index in [0.717, 1.165) is 37.4 Å². The van der Waals surface area contributed by atoms with Crippen molar-refractivity contribution in [2.75, 3.05) is 41.7 Å². The number of benzene rings is 2. The number of fused-ring (bicyclic) bond motifs is 1. The van der Waals surface area contributed by atoms with E-state index in [9.17, 15) is 14.4 Å². The molecule has 0 radical (unpaired) electrons. The first-order chi connectivity index (χ1) is 20.9. The molecule has 3 amide bonds. The van der Waals surface area contributed by atoms with Crippen LogP contribution in [0.25, 0.3) is 0 Å². The number of anilines is 3. The molecule has 1 unspecified atom stereocenters. The molecule has 218 valence electrons. The van der Waals surface area contributed by atoms with Crippen molar-refractivity contribution in [3.63, 3.8) is 0 Å². The van der Waals surface area contributed by atoms with Crippen LogP contribution in [0.3, 0.4) is 0 Å². The van der Waals surface area contributed by atoms with Crippen LogP contribution in [-0.2, 0) is 17.8 Å². The van der Waals surface area contributed by atoms with Gasteiger partial charge in [0.2, 0.25) is 5.91 Å². The smallest absolute Gasteiger partial charge is 0.256 e. The van der Waals surface area contributed by atoms with Gasteiger partial charge in [-0.15, -0.1) is 0 Å². The number of hydrogen-bond acceptors (Lipinski definition) is 7. The van der Waals surface area contributed by atoms with Gasteiger partial charge in [-0.25, -0.2) is 4.98 Å². The molecule has 1 atom stereocenters. The second-order valence-corrected chi connectivity index (χ2v) is 10.9. The summed E-state index contributed by atoms with van der Waals surface area (Å²) in [6.07, 6.45) is 3.66. The molecule has 2 aromatic heterocycles. The van der Waals surface area contributed by atoms with Crippen molar-refractivity contribution < 1.29 is 14.4 Å². The largest absolute Gasteiger partial charge is 0.368 e. The molecule has 2 aliphatic heterocycles. The van der Waals surface area contributed by atoms with Crippen molar-refractivity contribution in [2.24, 2.45) is 0 Å². The molecule has 0 aliphatic carbocycles. The maximum absolute atomic E-state index is 13.8. The Morgan fingerprint density at radius 2 is 1.79 bits per heavy atom. The first-order valence-electron chi connectivity index (χ1n) is 14.1. The summed E-state index contributed by atoms with van der Waals surface area (Å²) in [5, 5.41) is 9.46. The zero-order valence-corrected chi connectivity index (χ0v) is 24.1. The van der Waals surface area contributed by atoms with Crippen LogP contribution in [0, 0.1) is 0 Å². The number of carbonyl (C=O) groups is 3. The van der Waals surface area contributed by atoms with Crippen LogP contribution in [0.15, 0.2) is 85.2 Å². The van der Waals surface area contributed by atoms with Gasteiger partial charge in [0, 0.05) is 61.6 Å². The number of aromatic nitrogens is 2. The van der Waals surface area contributed by atoms with Crippen LogP contribution >= 0.6 is 11.6 Å². The maximum atomic E-state index is 13.8. The highest BCUT2D eigenvalue weighted by atomic mass is 35.5. The number of carbonyl (C=O) groups excluding carboxylic acids is 3. The summed E-state index contributed by atoms with van der Waals surface area (Å²) in [6, 6.07) is 20.2. The molecule has 1 fully saturated rings. The molecule has 0 spiro atoms. The van der Waals surface area contributed by atoms with Gasteiger partial charge in [-0.3, -0.25) is 19.4 Å². The number of amides is 3. The van der Waals surface area contributed by atoms with Crippen molar-refractivity contribution in [3.8, 4) is 0 Å². The molecule has 10 nitrogen and oxygen atoms in total. The fraction of sp³-hybridized carbons (Fsp3) is 0.219. The van der Waals surface area contributed by atoms with E-state index in [1.165, 1.54) is 0 Å². The Morgan fingerprint density at radius 3 is 2.51 bits per heavy atom. The van der Waals surface area contributed by atoms with Crippen LogP contribution in [0.1, 0.15) is 32.0 Å². The molecule has 2 aliphatic rings. The molecular weight excluding hydrogens is 566 g/mol. The summed E-state index contributed by atoms with van der Waals surface area (Å²) in [5.74, 6) is -0.460. The molecule has 3 N–H and O–H groups in total. The summed E-state index contributed by atoms with van der Waals surface area (Å²) in [7, 11) is 0. The highest BCUT2D eigenvalue weighted by Crippen LogP contribution is 2.29. The number of pyridine rings is 2. The summed E-state index contributed by atoms with van der Waals surface area (Å²) in [5.41, 5.74) is 3.64. The van der Waals surface area contributed by atoms with E-state index in [-0.39, 0.29) is 30.7 Å². The molecule has 11 heteroatoms. The van der Waals surface area contributed by atoms with Crippen molar-refractivity contribution in [2.45, 2.75) is 19.0 Å². The Balaban J connectivity index is 1.18. The fourth-order valence-corrected chi connectivity index (χ4v) is 5.45. The number of rotatable bonds is 7. The van der Waals surface area contributed by atoms with Gasteiger partial charge in [0.05, 0.1) is 23.1 Å². The second-order valence-electron chi connectivity index (χ2n) is 10.4. The summed E-state index contributed by atoms with van der Waals surface area (Å²) in [4.78, 5) is 52.8. The number of nitrogens with one attached hydrogen (secondary N) is 3. The predicted molar refractivity (Wildman–Crippen MR) is 165 cm³/mol. The van der Waals surface area contributed by atoms with E-state index in [2.05, 4.69) is 30.8 Å². The normalized spacial score (nSPS) is 16.7. The number of hydrogen-bond donors (Lipinski definition) is 3. The van der Waals surface area contributed by atoms with Gasteiger partial charge in [0.1, 0.15) is 11.9 Å². The third-order valence-corrected chi connectivity index (χ3v) is 7.81. The van der Waals surface area contributed by atoms with Gasteiger partial charge >= 0.3 is 0 Å². The minimum Gasteiger partial charge on any atom is -0.368 e. The predicted octanol–water partition coefficient (Wildman–Crippen LogP) is 4.00. The number of piperazine rings is 1. The number of halogens is 1. The topological polar surface area (TPSA) is 120 Å². The lowest BCUT2D eigenvalue weighted by molar-refractivity contribution is -0.120. The van der Waals surface area contributed by atoms with Gasteiger partial charge in [0.25, 0.3) is 11.8 Å². The third kappa shape index (κ3) is 6.50. The Kier molecular flexibility index (Phi) is 8.30. The minimum absolute atomic E-state index is 0.156. The average Bonchev–Trinajstić information content (AvgIpc) is 3.12. The zero-order chi connectivity index (χ0) is 29.8. The lowest BCUT2D eigenvalue weighted by Gasteiger charge is -2.29. The van der Waals surface area contributed by atoms with Crippen molar-refractivity contribution in [3.05, 3.63) is 113 Å². The van der Waals surface area contributed by atoms with Crippen molar-refractivity contribution in [1.29, 1.82) is 0 Å². The summed E-state index contributed by atoms with van der Waals surface area (Å²) < 4.78 is 0. The van der Waals surface area contributed by atoms with Crippen LogP contribution in [0.4, 0.5) is 17.2 Å². The van der Waals surface area contributed by atoms with Gasteiger partial charge in [-0.1, -0.05) is 29.8 Å². The molecule has 6 rings (SSSR count). The Labute approximate surface area is 254 Å². The van der Waals surface area contributed by atoms with Crippen LogP contribution in [0.2, 0.25) is 5.02 Å². The van der Waals surface area contributed by atoms with E-state index >= 15 is 0 Å². The van der Waals surface area contributed by atoms with Crippen LogP contribution in [0.5, 0.6) is 0 Å². The summed E-state index contributed by atoms with van der Waals surface area (Å²) >= 11 is 6.16. The molecular formula is C32H30ClN7O3. The molecule has 0 saturated carbocycles. The molecule has 43 heavy (non-hydrogen) atoms. The second kappa shape index (κ2) is 12.6. The Hall–Kier alpha value is -4.80. The molecule has 1 saturated heterocycles. The van der Waals surface area contributed by atoms with E-state index in [0.29, 0.717) is 33.3 Å². The first kappa shape index (κ1) is 28.3. The highest BCUT2D eigenvalue weighted by Gasteiger charge is 2.36. The zero-order valence-electron chi connectivity index (χ0n) is 23.3. The lowest BCUT2D eigenvalue weighted by atomic mass is 10.0. The van der Waals surface area contributed by atoms with Gasteiger partial charge < -0.3 is 25.8 Å². The van der Waals surface area contributed by atoms with Crippen LogP contribution in [-0.4, -0.2) is 64.8 Å². The molecule has 4 aromatic rings. The standard InChI is InChI=1S/C32H30ClN7O3/c33-23-8-10-26-27(17-23)37-31(42)28(18-24-3-1-2-12-35-24)40(32(26)43)20-21-4-6-22(7-5-21)30(41)38-29-11-9-25(19-36-29)39-15-13-34-14-16-39/h1-12,17,19,28,34H,13-16,18,20H2,(H,37,42)(H,36,38,41). The molecule has 0 bridgehead atoms. The van der Waals surface area contributed by atoms with E-state index in [1.807, 2.05) is 18.2 Å². The molecule has 2 aromatic carbocycles. The van der Waals surface area contributed by atoms with Gasteiger partial charge in [-0.2, -0.15) is 0 Å². The molecule has 4 heterocycles. The quantitative estimate of drug-likeness (QED) is 0.295. The Morgan fingerprint density at radius 1 is 0.977 bits per heavy atom. The summed E-state index contributed by atoms with van der Waals surface area (Å²) in [6.45, 7) is 3.85. The SMILES string of the molecule is O=C(Nc1ccc(N2CCNCC2)cn1)c1ccc(CN2C(=O)c3ccc(Cl)cc3NC(=O)C2Cc2ccccn2)cc1. The van der Waals surface area contributed by atoms with Crippen LogP contribution < -0.4 is 20.9 Å². The third-order valence-electron chi connectivity index (χ3n) is 7.58. The maximum Gasteiger partial charge on any atom is 0.256 e. The number of nitrogens with zero attached hydrogens (tertiary/aromatic N) is 4. The average molecular weight is 596 g/mol. The monoisotopic (exact) mass is 595 g/mol.